The number of nitrogens with one attached hydrogen (secondary N) is 1. The average molecular weight is 197 g/mol. The largest absolute Gasteiger partial charge is 0.310 e. The molecule has 1 atom stereocenters. The molecule has 0 amide bonds. The van der Waals surface area contributed by atoms with Crippen molar-refractivity contribution in [3.05, 3.63) is 65.8 Å². The van der Waals surface area contributed by atoms with E-state index in [4.69, 9.17) is 0 Å². The molecule has 1 aromatic carbocycles. The molecular weight excluding hydrogens is 182 g/mol. The van der Waals surface area contributed by atoms with Gasteiger partial charge in [0.05, 0.1) is 6.04 Å². The van der Waals surface area contributed by atoms with Gasteiger partial charge in [0.1, 0.15) is 0 Å². The van der Waals surface area contributed by atoms with Crippen LogP contribution in [0.5, 0.6) is 0 Å². The number of benzene rings is 1. The number of hydrogen-bond donors (Lipinski definition) is 1. The van der Waals surface area contributed by atoms with E-state index < -0.39 is 0 Å². The highest BCUT2D eigenvalue weighted by Gasteiger charge is 2.07. The Kier molecular flexibility index (Phi) is 3.15. The minimum absolute atomic E-state index is 0.329. The van der Waals surface area contributed by atoms with Crippen LogP contribution in [0.2, 0.25) is 0 Å². The average Bonchev–Trinajstić information content (AvgIpc) is 2.31. The second kappa shape index (κ2) is 4.76. The third-order valence-corrected chi connectivity index (χ3v) is 2.51. The summed E-state index contributed by atoms with van der Waals surface area (Å²) >= 11 is 0. The minimum atomic E-state index is 0.329. The van der Waals surface area contributed by atoms with Gasteiger partial charge >= 0.3 is 0 Å². The maximum atomic E-state index is 3.27. The Labute approximate surface area is 90.8 Å². The van der Waals surface area contributed by atoms with Crippen molar-refractivity contribution in [3.8, 4) is 0 Å². The predicted molar refractivity (Wildman–Crippen MR) is 65.5 cm³/mol. The molecule has 1 aliphatic carbocycles. The molecule has 1 heteroatoms. The van der Waals surface area contributed by atoms with Crippen LogP contribution in [0, 0.1) is 0 Å². The molecule has 0 aromatic heterocycles. The van der Waals surface area contributed by atoms with E-state index in [2.05, 4.69) is 60.0 Å². The molecule has 1 aromatic rings. The van der Waals surface area contributed by atoms with Gasteiger partial charge in [0.25, 0.3) is 0 Å². The maximum absolute atomic E-state index is 3.27. The molecule has 76 valence electrons. The number of allylic oxidation sites excluding steroid dienone is 2. The van der Waals surface area contributed by atoms with E-state index in [1.807, 2.05) is 13.1 Å². The normalized spacial score (nSPS) is 22.2. The Morgan fingerprint density at radius 1 is 1.13 bits per heavy atom. The zero-order chi connectivity index (χ0) is 10.5. The van der Waals surface area contributed by atoms with Crippen molar-refractivity contribution in [3.63, 3.8) is 0 Å². The van der Waals surface area contributed by atoms with Crippen molar-refractivity contribution in [1.29, 1.82) is 0 Å². The first kappa shape index (κ1) is 9.94. The van der Waals surface area contributed by atoms with Gasteiger partial charge in [0.15, 0.2) is 0 Å². The van der Waals surface area contributed by atoms with Crippen LogP contribution in [0.4, 0.5) is 0 Å². The SMILES string of the molecule is CNC1C=CC=CC1=Cc1ccccc1. The number of rotatable bonds is 2. The fourth-order valence-corrected chi connectivity index (χ4v) is 1.70. The van der Waals surface area contributed by atoms with E-state index >= 15 is 0 Å². The first-order valence-electron chi connectivity index (χ1n) is 5.19. The summed E-state index contributed by atoms with van der Waals surface area (Å²) in [6.45, 7) is 0. The van der Waals surface area contributed by atoms with Crippen molar-refractivity contribution in [2.24, 2.45) is 0 Å². The fourth-order valence-electron chi connectivity index (χ4n) is 1.70. The summed E-state index contributed by atoms with van der Waals surface area (Å²) in [4.78, 5) is 0. The van der Waals surface area contributed by atoms with Gasteiger partial charge in [-0.1, -0.05) is 54.6 Å². The van der Waals surface area contributed by atoms with Gasteiger partial charge < -0.3 is 5.32 Å². The highest BCUT2D eigenvalue weighted by atomic mass is 14.9. The zero-order valence-corrected chi connectivity index (χ0v) is 8.85. The molecule has 0 heterocycles. The standard InChI is InChI=1S/C14H15N/c1-15-14-10-6-5-9-13(14)11-12-7-3-2-4-8-12/h2-11,14-15H,1H3. The quantitative estimate of drug-likeness (QED) is 0.768. The van der Waals surface area contributed by atoms with Gasteiger partial charge in [-0.3, -0.25) is 0 Å². The Hall–Kier alpha value is -1.60. The molecular formula is C14H15N. The highest BCUT2D eigenvalue weighted by molar-refractivity contribution is 5.59. The Morgan fingerprint density at radius 2 is 1.93 bits per heavy atom. The summed E-state index contributed by atoms with van der Waals surface area (Å²) in [5.41, 5.74) is 2.54. The number of hydrogen-bond acceptors (Lipinski definition) is 1. The second-order valence-corrected chi connectivity index (χ2v) is 3.57. The minimum Gasteiger partial charge on any atom is -0.310 e. The molecule has 0 fully saturated rings. The van der Waals surface area contributed by atoms with E-state index in [-0.39, 0.29) is 0 Å². The molecule has 1 unspecified atom stereocenters. The van der Waals surface area contributed by atoms with Crippen LogP contribution in [0.3, 0.4) is 0 Å². The summed E-state index contributed by atoms with van der Waals surface area (Å²) in [5.74, 6) is 0. The van der Waals surface area contributed by atoms with Crippen molar-refractivity contribution >= 4 is 6.08 Å². The van der Waals surface area contributed by atoms with Crippen LogP contribution in [0.25, 0.3) is 6.08 Å². The van der Waals surface area contributed by atoms with E-state index in [0.29, 0.717) is 6.04 Å². The van der Waals surface area contributed by atoms with Crippen LogP contribution >= 0.6 is 0 Å². The summed E-state index contributed by atoms with van der Waals surface area (Å²) < 4.78 is 0. The molecule has 1 aliphatic rings. The lowest BCUT2D eigenvalue weighted by atomic mass is 9.99. The van der Waals surface area contributed by atoms with Crippen molar-refractivity contribution in [2.45, 2.75) is 6.04 Å². The first-order valence-corrected chi connectivity index (χ1v) is 5.19. The van der Waals surface area contributed by atoms with Crippen molar-refractivity contribution in [1.82, 2.24) is 5.32 Å². The van der Waals surface area contributed by atoms with E-state index in [1.54, 1.807) is 0 Å². The highest BCUT2D eigenvalue weighted by Crippen LogP contribution is 2.15. The van der Waals surface area contributed by atoms with Crippen LogP contribution in [0.15, 0.2) is 60.2 Å². The molecule has 15 heavy (non-hydrogen) atoms. The lowest BCUT2D eigenvalue weighted by Gasteiger charge is -2.15. The van der Waals surface area contributed by atoms with Gasteiger partial charge in [-0.25, -0.2) is 0 Å². The molecule has 1 nitrogen and oxygen atoms in total. The van der Waals surface area contributed by atoms with Crippen LogP contribution in [-0.4, -0.2) is 13.1 Å². The van der Waals surface area contributed by atoms with Gasteiger partial charge in [0, 0.05) is 0 Å². The zero-order valence-electron chi connectivity index (χ0n) is 8.85. The number of likely N-dealkylation sites (N-methyl/N-ethyl adjacent to an activating group) is 1. The lowest BCUT2D eigenvalue weighted by molar-refractivity contribution is 0.766. The third kappa shape index (κ3) is 2.45. The van der Waals surface area contributed by atoms with Gasteiger partial charge in [-0.05, 0) is 24.3 Å². The summed E-state index contributed by atoms with van der Waals surface area (Å²) in [6.07, 6.45) is 10.7. The van der Waals surface area contributed by atoms with E-state index in [9.17, 15) is 0 Å². The monoisotopic (exact) mass is 197 g/mol. The third-order valence-electron chi connectivity index (χ3n) is 2.51. The van der Waals surface area contributed by atoms with Crippen molar-refractivity contribution in [2.75, 3.05) is 7.05 Å². The van der Waals surface area contributed by atoms with Gasteiger partial charge in [0.2, 0.25) is 0 Å². The van der Waals surface area contributed by atoms with Crippen LogP contribution < -0.4 is 5.32 Å². The summed E-state index contributed by atoms with van der Waals surface area (Å²) in [5, 5.41) is 3.27. The van der Waals surface area contributed by atoms with Crippen molar-refractivity contribution < 1.29 is 0 Å². The van der Waals surface area contributed by atoms with E-state index in [0.717, 1.165) is 0 Å². The molecule has 0 bridgehead atoms. The molecule has 0 aliphatic heterocycles. The molecule has 0 spiro atoms. The maximum Gasteiger partial charge on any atom is 0.0507 e. The molecule has 0 saturated carbocycles. The Bertz CT molecular complexity index is 399. The predicted octanol–water partition coefficient (Wildman–Crippen LogP) is 2.78. The smallest absolute Gasteiger partial charge is 0.0507 e. The first-order chi connectivity index (χ1) is 7.40. The Balaban J connectivity index is 2.26. The van der Waals surface area contributed by atoms with Gasteiger partial charge in [-0.15, -0.1) is 0 Å². The lowest BCUT2D eigenvalue weighted by Crippen LogP contribution is -2.25. The second-order valence-electron chi connectivity index (χ2n) is 3.57. The summed E-state index contributed by atoms with van der Waals surface area (Å²) in [6, 6.07) is 10.7. The molecule has 1 N–H and O–H groups in total. The molecule has 2 rings (SSSR count). The summed E-state index contributed by atoms with van der Waals surface area (Å²) in [7, 11) is 1.98. The molecule has 0 radical (unpaired) electrons. The topological polar surface area (TPSA) is 12.0 Å². The van der Waals surface area contributed by atoms with E-state index in [1.165, 1.54) is 11.1 Å². The van der Waals surface area contributed by atoms with Crippen LogP contribution in [-0.2, 0) is 0 Å². The van der Waals surface area contributed by atoms with Gasteiger partial charge in [-0.2, -0.15) is 0 Å². The Morgan fingerprint density at radius 3 is 2.67 bits per heavy atom. The fraction of sp³-hybridized carbons (Fsp3) is 0.143. The molecule has 0 saturated heterocycles. The van der Waals surface area contributed by atoms with Crippen LogP contribution in [0.1, 0.15) is 5.56 Å².